The molecule has 0 spiro atoms. The molecular weight excluding hydrogens is 178 g/mol. The van der Waals surface area contributed by atoms with Crippen LogP contribution in [0.15, 0.2) is 12.4 Å². The maximum Gasteiger partial charge on any atom is 0.157 e. The first-order valence-electron chi connectivity index (χ1n) is 5.07. The van der Waals surface area contributed by atoms with E-state index in [9.17, 15) is 0 Å². The predicted molar refractivity (Wildman–Crippen MR) is 56.2 cm³/mol. The standard InChI is InChI=1S/C10H19N3O/c1-9(2)7-13-8-10(6-12-13)14-5-3-4-11/h6,8-9H,3-5,7,11H2,1-2H3. The van der Waals surface area contributed by atoms with Crippen LogP contribution in [-0.2, 0) is 6.54 Å². The lowest BCUT2D eigenvalue weighted by Gasteiger charge is -2.03. The maximum atomic E-state index is 5.45. The summed E-state index contributed by atoms with van der Waals surface area (Å²) in [6, 6.07) is 0. The first kappa shape index (κ1) is 11.0. The summed E-state index contributed by atoms with van der Waals surface area (Å²) in [5, 5.41) is 4.20. The quantitative estimate of drug-likeness (QED) is 0.699. The molecule has 0 aliphatic rings. The van der Waals surface area contributed by atoms with E-state index in [1.807, 2.05) is 10.9 Å². The molecule has 14 heavy (non-hydrogen) atoms. The molecule has 0 atom stereocenters. The lowest BCUT2D eigenvalue weighted by molar-refractivity contribution is 0.312. The molecule has 4 heteroatoms. The lowest BCUT2D eigenvalue weighted by Crippen LogP contribution is -2.06. The second-order valence-corrected chi connectivity index (χ2v) is 3.78. The predicted octanol–water partition coefficient (Wildman–Crippen LogP) is 1.27. The highest BCUT2D eigenvalue weighted by Crippen LogP contribution is 2.09. The second kappa shape index (κ2) is 5.65. The van der Waals surface area contributed by atoms with Crippen LogP contribution < -0.4 is 10.5 Å². The van der Waals surface area contributed by atoms with E-state index in [-0.39, 0.29) is 0 Å². The molecule has 1 heterocycles. The average Bonchev–Trinajstić information content (AvgIpc) is 2.52. The lowest BCUT2D eigenvalue weighted by atomic mass is 10.2. The van der Waals surface area contributed by atoms with E-state index < -0.39 is 0 Å². The number of hydrogen-bond donors (Lipinski definition) is 1. The van der Waals surface area contributed by atoms with E-state index in [1.165, 1.54) is 0 Å². The third kappa shape index (κ3) is 3.79. The van der Waals surface area contributed by atoms with Crippen LogP contribution in [0.1, 0.15) is 20.3 Å². The van der Waals surface area contributed by atoms with Gasteiger partial charge in [-0.1, -0.05) is 13.8 Å². The summed E-state index contributed by atoms with van der Waals surface area (Å²) in [4.78, 5) is 0. The molecule has 0 unspecified atom stereocenters. The Hall–Kier alpha value is -1.03. The van der Waals surface area contributed by atoms with Crippen molar-refractivity contribution in [3.8, 4) is 5.75 Å². The highest BCUT2D eigenvalue weighted by atomic mass is 16.5. The van der Waals surface area contributed by atoms with Gasteiger partial charge in [0, 0.05) is 6.54 Å². The van der Waals surface area contributed by atoms with Gasteiger partial charge in [0.15, 0.2) is 5.75 Å². The van der Waals surface area contributed by atoms with Crippen molar-refractivity contribution in [2.75, 3.05) is 13.2 Å². The summed E-state index contributed by atoms with van der Waals surface area (Å²) in [5.41, 5.74) is 5.36. The monoisotopic (exact) mass is 197 g/mol. The Labute approximate surface area is 85.0 Å². The maximum absolute atomic E-state index is 5.45. The summed E-state index contributed by atoms with van der Waals surface area (Å²) in [5.74, 6) is 1.44. The average molecular weight is 197 g/mol. The van der Waals surface area contributed by atoms with Crippen LogP contribution in [-0.4, -0.2) is 22.9 Å². The van der Waals surface area contributed by atoms with Crippen molar-refractivity contribution < 1.29 is 4.74 Å². The van der Waals surface area contributed by atoms with Crippen LogP contribution in [0, 0.1) is 5.92 Å². The number of nitrogens with two attached hydrogens (primary N) is 1. The van der Waals surface area contributed by atoms with E-state index in [2.05, 4.69) is 18.9 Å². The molecule has 0 fully saturated rings. The molecule has 4 nitrogen and oxygen atoms in total. The number of hydrogen-bond acceptors (Lipinski definition) is 3. The molecule has 0 bridgehead atoms. The summed E-state index contributed by atoms with van der Waals surface area (Å²) >= 11 is 0. The number of aromatic nitrogens is 2. The third-order valence-electron chi connectivity index (χ3n) is 1.78. The highest BCUT2D eigenvalue weighted by Gasteiger charge is 2.00. The normalized spacial score (nSPS) is 10.9. The molecule has 0 aliphatic heterocycles. The Morgan fingerprint density at radius 3 is 3.00 bits per heavy atom. The minimum absolute atomic E-state index is 0.604. The van der Waals surface area contributed by atoms with Gasteiger partial charge in [-0.25, -0.2) is 0 Å². The van der Waals surface area contributed by atoms with Gasteiger partial charge in [0.2, 0.25) is 0 Å². The topological polar surface area (TPSA) is 53.1 Å². The van der Waals surface area contributed by atoms with Gasteiger partial charge in [-0.05, 0) is 18.9 Å². The van der Waals surface area contributed by atoms with E-state index in [1.54, 1.807) is 6.20 Å². The molecule has 0 amide bonds. The SMILES string of the molecule is CC(C)Cn1cc(OCCCN)cn1. The Morgan fingerprint density at radius 1 is 1.57 bits per heavy atom. The summed E-state index contributed by atoms with van der Waals surface area (Å²) in [6.45, 7) is 6.59. The Balaban J connectivity index is 2.35. The fourth-order valence-corrected chi connectivity index (χ4v) is 1.17. The molecule has 80 valence electrons. The van der Waals surface area contributed by atoms with Crippen LogP contribution in [0.2, 0.25) is 0 Å². The van der Waals surface area contributed by atoms with E-state index >= 15 is 0 Å². The third-order valence-corrected chi connectivity index (χ3v) is 1.78. The van der Waals surface area contributed by atoms with Crippen LogP contribution in [0.4, 0.5) is 0 Å². The largest absolute Gasteiger partial charge is 0.490 e. The zero-order chi connectivity index (χ0) is 10.4. The van der Waals surface area contributed by atoms with Gasteiger partial charge in [0.05, 0.1) is 19.0 Å². The minimum Gasteiger partial charge on any atom is -0.490 e. The Kier molecular flexibility index (Phi) is 4.46. The first-order valence-corrected chi connectivity index (χ1v) is 5.07. The number of ether oxygens (including phenoxy) is 1. The minimum atomic E-state index is 0.604. The van der Waals surface area contributed by atoms with Crippen molar-refractivity contribution in [1.29, 1.82) is 0 Å². The van der Waals surface area contributed by atoms with Gasteiger partial charge in [-0.2, -0.15) is 5.10 Å². The van der Waals surface area contributed by atoms with Gasteiger partial charge in [0.1, 0.15) is 0 Å². The van der Waals surface area contributed by atoms with Crippen molar-refractivity contribution in [3.63, 3.8) is 0 Å². The Morgan fingerprint density at radius 2 is 2.36 bits per heavy atom. The van der Waals surface area contributed by atoms with Crippen LogP contribution in [0.25, 0.3) is 0 Å². The van der Waals surface area contributed by atoms with Crippen molar-refractivity contribution in [2.24, 2.45) is 11.7 Å². The van der Waals surface area contributed by atoms with E-state index in [4.69, 9.17) is 10.5 Å². The van der Waals surface area contributed by atoms with Crippen molar-refractivity contribution in [2.45, 2.75) is 26.8 Å². The fourth-order valence-electron chi connectivity index (χ4n) is 1.17. The van der Waals surface area contributed by atoms with E-state index in [0.29, 0.717) is 19.1 Å². The molecule has 0 aliphatic carbocycles. The molecule has 0 saturated carbocycles. The highest BCUT2D eigenvalue weighted by molar-refractivity contribution is 5.11. The van der Waals surface area contributed by atoms with Crippen LogP contribution in [0.3, 0.4) is 0 Å². The van der Waals surface area contributed by atoms with Gasteiger partial charge >= 0.3 is 0 Å². The summed E-state index contributed by atoms with van der Waals surface area (Å²) in [7, 11) is 0. The zero-order valence-corrected chi connectivity index (χ0v) is 8.94. The van der Waals surface area contributed by atoms with Crippen molar-refractivity contribution >= 4 is 0 Å². The Bertz CT molecular complexity index is 258. The smallest absolute Gasteiger partial charge is 0.157 e. The molecule has 0 saturated heterocycles. The molecule has 1 aromatic heterocycles. The molecule has 1 rings (SSSR count). The van der Waals surface area contributed by atoms with Crippen LogP contribution >= 0.6 is 0 Å². The zero-order valence-electron chi connectivity index (χ0n) is 8.94. The molecular formula is C10H19N3O. The summed E-state index contributed by atoms with van der Waals surface area (Å²) in [6.07, 6.45) is 4.56. The van der Waals surface area contributed by atoms with Gasteiger partial charge < -0.3 is 10.5 Å². The fraction of sp³-hybridized carbons (Fsp3) is 0.700. The first-order chi connectivity index (χ1) is 6.72. The summed E-state index contributed by atoms with van der Waals surface area (Å²) < 4.78 is 7.35. The molecule has 0 aromatic carbocycles. The van der Waals surface area contributed by atoms with Gasteiger partial charge in [0.25, 0.3) is 0 Å². The molecule has 0 radical (unpaired) electrons. The van der Waals surface area contributed by atoms with E-state index in [0.717, 1.165) is 18.7 Å². The molecule has 1 aromatic rings. The van der Waals surface area contributed by atoms with Crippen LogP contribution in [0.5, 0.6) is 5.75 Å². The number of rotatable bonds is 6. The van der Waals surface area contributed by atoms with Crippen molar-refractivity contribution in [3.05, 3.63) is 12.4 Å². The second-order valence-electron chi connectivity index (χ2n) is 3.78. The number of nitrogens with zero attached hydrogens (tertiary/aromatic N) is 2. The molecule has 2 N–H and O–H groups in total. The van der Waals surface area contributed by atoms with Crippen molar-refractivity contribution in [1.82, 2.24) is 9.78 Å². The van der Waals surface area contributed by atoms with Gasteiger partial charge in [-0.15, -0.1) is 0 Å². The van der Waals surface area contributed by atoms with Gasteiger partial charge in [-0.3, -0.25) is 4.68 Å².